The van der Waals surface area contributed by atoms with Crippen molar-refractivity contribution in [1.82, 2.24) is 24.8 Å². The van der Waals surface area contributed by atoms with E-state index in [1.54, 1.807) is 18.1 Å². The maximum atomic E-state index is 6.48. The Hall–Kier alpha value is -2.61. The van der Waals surface area contributed by atoms with Crippen LogP contribution in [0.5, 0.6) is 5.75 Å². The first-order chi connectivity index (χ1) is 14.5. The Morgan fingerprint density at radius 3 is 2.63 bits per heavy atom. The molecule has 0 atom stereocenters. The van der Waals surface area contributed by atoms with Crippen LogP contribution in [0.25, 0.3) is 5.70 Å². The van der Waals surface area contributed by atoms with Crippen molar-refractivity contribution in [2.24, 2.45) is 17.5 Å². The number of nitrogens with two attached hydrogens (primary N) is 2. The fourth-order valence-corrected chi connectivity index (χ4v) is 3.96. The van der Waals surface area contributed by atoms with Gasteiger partial charge in [-0.2, -0.15) is 5.10 Å². The normalized spacial score (nSPS) is 18.2. The number of pyridine rings is 1. The molecule has 0 unspecified atom stereocenters. The summed E-state index contributed by atoms with van der Waals surface area (Å²) in [5, 5.41) is 6.11. The number of hydrogen-bond acceptors (Lipinski definition) is 7. The van der Waals surface area contributed by atoms with Gasteiger partial charge in [0, 0.05) is 13.5 Å². The minimum absolute atomic E-state index is 0.292. The van der Waals surface area contributed by atoms with Gasteiger partial charge in [-0.25, -0.2) is 20.5 Å². The van der Waals surface area contributed by atoms with Gasteiger partial charge in [0.2, 0.25) is 0 Å². The summed E-state index contributed by atoms with van der Waals surface area (Å²) in [6.07, 6.45) is 11.6. The number of rotatable bonds is 8. The highest BCUT2D eigenvalue weighted by Crippen LogP contribution is 2.31. The summed E-state index contributed by atoms with van der Waals surface area (Å²) in [6, 6.07) is 3.88. The molecule has 4 rings (SSSR count). The zero-order chi connectivity index (χ0) is 21.1. The first-order valence-electron chi connectivity index (χ1n) is 11.0. The van der Waals surface area contributed by atoms with Gasteiger partial charge in [-0.15, -0.1) is 0 Å². The highest BCUT2D eigenvalue weighted by Gasteiger charge is 2.23. The molecule has 8 heteroatoms. The molecule has 0 saturated heterocycles. The van der Waals surface area contributed by atoms with E-state index < -0.39 is 0 Å². The minimum Gasteiger partial charge on any atom is -0.489 e. The minimum atomic E-state index is 0.292. The molecule has 162 valence electrons. The van der Waals surface area contributed by atoms with Gasteiger partial charge >= 0.3 is 0 Å². The molecule has 0 amide bonds. The third kappa shape index (κ3) is 5.11. The molecule has 2 fully saturated rings. The van der Waals surface area contributed by atoms with E-state index in [2.05, 4.69) is 10.1 Å². The number of nitrogens with zero attached hydrogens (tertiary/aromatic N) is 5. The Kier molecular flexibility index (Phi) is 6.22. The lowest BCUT2D eigenvalue weighted by atomic mass is 9.98. The lowest BCUT2D eigenvalue weighted by Gasteiger charge is -2.24. The predicted octanol–water partition coefficient (Wildman–Crippen LogP) is 2.78. The van der Waals surface area contributed by atoms with Gasteiger partial charge in [0.25, 0.3) is 0 Å². The monoisotopic (exact) mass is 411 g/mol. The molecular formula is C22H33N7O. The van der Waals surface area contributed by atoms with Crippen LogP contribution in [0.4, 0.5) is 0 Å². The van der Waals surface area contributed by atoms with Gasteiger partial charge in [-0.1, -0.05) is 6.42 Å². The second kappa shape index (κ2) is 9.04. The fourth-order valence-electron chi connectivity index (χ4n) is 3.96. The molecule has 0 bridgehead atoms. The molecule has 2 saturated carbocycles. The molecule has 4 N–H and O–H groups in total. The van der Waals surface area contributed by atoms with Crippen LogP contribution < -0.4 is 16.3 Å². The van der Waals surface area contributed by atoms with Crippen LogP contribution >= 0.6 is 0 Å². The highest BCUT2D eigenvalue weighted by molar-refractivity contribution is 5.63. The van der Waals surface area contributed by atoms with Crippen molar-refractivity contribution in [3.05, 3.63) is 41.4 Å². The van der Waals surface area contributed by atoms with Crippen molar-refractivity contribution in [3.8, 4) is 5.75 Å². The van der Waals surface area contributed by atoms with Gasteiger partial charge in [-0.05, 0) is 63.5 Å². The van der Waals surface area contributed by atoms with E-state index >= 15 is 0 Å². The number of aromatic nitrogens is 4. The van der Waals surface area contributed by atoms with E-state index in [1.165, 1.54) is 37.1 Å². The van der Waals surface area contributed by atoms with E-state index in [0.717, 1.165) is 48.1 Å². The summed E-state index contributed by atoms with van der Waals surface area (Å²) < 4.78 is 7.98. The summed E-state index contributed by atoms with van der Waals surface area (Å²) in [4.78, 5) is 9.12. The number of ether oxygens (including phenoxy) is 1. The summed E-state index contributed by atoms with van der Waals surface area (Å²) >= 11 is 0. The van der Waals surface area contributed by atoms with Crippen molar-refractivity contribution in [2.45, 2.75) is 70.9 Å². The third-order valence-electron chi connectivity index (χ3n) is 5.96. The van der Waals surface area contributed by atoms with Crippen LogP contribution in [0.2, 0.25) is 0 Å². The molecular weight excluding hydrogens is 378 g/mol. The van der Waals surface area contributed by atoms with Crippen LogP contribution in [-0.4, -0.2) is 37.9 Å². The number of allylic oxidation sites excluding steroid dienone is 1. The molecule has 0 spiro atoms. The molecule has 8 nitrogen and oxygen atoms in total. The van der Waals surface area contributed by atoms with Gasteiger partial charge in [0.15, 0.2) is 5.82 Å². The zero-order valence-corrected chi connectivity index (χ0v) is 18.0. The summed E-state index contributed by atoms with van der Waals surface area (Å²) in [5.41, 5.74) is 9.29. The second-order valence-corrected chi connectivity index (χ2v) is 8.64. The predicted molar refractivity (Wildman–Crippen MR) is 116 cm³/mol. The van der Waals surface area contributed by atoms with E-state index in [1.807, 2.05) is 19.1 Å². The molecule has 2 aromatic heterocycles. The van der Waals surface area contributed by atoms with Crippen LogP contribution in [-0.2, 0) is 13.0 Å². The number of likely N-dealkylation sites (N-methyl/N-ethyl adjacent to an activating group) is 1. The van der Waals surface area contributed by atoms with Crippen molar-refractivity contribution < 1.29 is 4.74 Å². The number of aryl methyl sites for hydroxylation is 1. The largest absolute Gasteiger partial charge is 0.489 e. The van der Waals surface area contributed by atoms with Crippen molar-refractivity contribution in [1.29, 1.82) is 0 Å². The van der Waals surface area contributed by atoms with E-state index in [9.17, 15) is 0 Å². The smallest absolute Gasteiger partial charge is 0.150 e. The highest BCUT2D eigenvalue weighted by atomic mass is 16.5. The van der Waals surface area contributed by atoms with Crippen molar-refractivity contribution in [2.75, 3.05) is 7.05 Å². The average molecular weight is 412 g/mol. The van der Waals surface area contributed by atoms with Gasteiger partial charge in [-0.3, -0.25) is 0 Å². The SMILES string of the molecule is Cc1nc(/C(N)=C(\Cn2cnc(CC3CC3)n2)N(C)N)ccc1OC1CCCCC1. The van der Waals surface area contributed by atoms with E-state index in [0.29, 0.717) is 24.0 Å². The first-order valence-corrected chi connectivity index (χ1v) is 11.0. The Morgan fingerprint density at radius 2 is 1.97 bits per heavy atom. The Bertz CT molecular complexity index is 895. The van der Waals surface area contributed by atoms with Crippen LogP contribution in [0.1, 0.15) is 62.2 Å². The number of hydrogen-bond donors (Lipinski definition) is 2. The summed E-state index contributed by atoms with van der Waals surface area (Å²) in [6.45, 7) is 2.40. The zero-order valence-electron chi connectivity index (χ0n) is 18.0. The molecule has 30 heavy (non-hydrogen) atoms. The average Bonchev–Trinajstić information content (AvgIpc) is 3.44. The van der Waals surface area contributed by atoms with Gasteiger partial charge < -0.3 is 15.5 Å². The van der Waals surface area contributed by atoms with Crippen LogP contribution in [0, 0.1) is 12.8 Å². The van der Waals surface area contributed by atoms with Crippen LogP contribution in [0.3, 0.4) is 0 Å². The van der Waals surface area contributed by atoms with Gasteiger partial charge in [0.1, 0.15) is 12.1 Å². The standard InChI is InChI=1S/C22H33N7O/c1-15-20(30-17-6-4-3-5-7-17)11-10-18(26-15)22(23)19(28(2)24)13-29-14-25-21(27-29)12-16-8-9-16/h10-11,14,16-17H,3-9,12-13,23-24H2,1-2H3/b22-19-. The topological polar surface area (TPSA) is 108 Å². The molecule has 0 radical (unpaired) electrons. The maximum absolute atomic E-state index is 6.48. The Morgan fingerprint density at radius 1 is 1.20 bits per heavy atom. The third-order valence-corrected chi connectivity index (χ3v) is 5.96. The summed E-state index contributed by atoms with van der Waals surface area (Å²) in [5.74, 6) is 8.56. The molecule has 0 aliphatic heterocycles. The lowest BCUT2D eigenvalue weighted by Crippen LogP contribution is -2.30. The fraction of sp³-hybridized carbons (Fsp3) is 0.591. The van der Waals surface area contributed by atoms with Gasteiger partial charge in [0.05, 0.1) is 35.4 Å². The number of hydrazine groups is 1. The second-order valence-electron chi connectivity index (χ2n) is 8.64. The van der Waals surface area contributed by atoms with Crippen LogP contribution in [0.15, 0.2) is 24.2 Å². The quantitative estimate of drug-likeness (QED) is 0.508. The maximum Gasteiger partial charge on any atom is 0.150 e. The molecule has 2 aliphatic rings. The lowest BCUT2D eigenvalue weighted by molar-refractivity contribution is 0.153. The van der Waals surface area contributed by atoms with E-state index in [-0.39, 0.29) is 0 Å². The molecule has 2 heterocycles. The van der Waals surface area contributed by atoms with Crippen molar-refractivity contribution in [3.63, 3.8) is 0 Å². The molecule has 0 aromatic carbocycles. The Balaban J connectivity index is 1.50. The van der Waals surface area contributed by atoms with E-state index in [4.69, 9.17) is 21.3 Å². The summed E-state index contributed by atoms with van der Waals surface area (Å²) in [7, 11) is 1.78. The van der Waals surface area contributed by atoms with Crippen molar-refractivity contribution >= 4 is 5.70 Å². The Labute approximate surface area is 178 Å². The molecule has 2 aromatic rings. The first kappa shape index (κ1) is 20.7. The molecule has 2 aliphatic carbocycles.